The summed E-state index contributed by atoms with van der Waals surface area (Å²) in [5.74, 6) is -0.327. The second-order valence-corrected chi connectivity index (χ2v) is 7.80. The number of carbonyl (C=O) groups is 1. The molecule has 9 nitrogen and oxygen atoms in total. The van der Waals surface area contributed by atoms with E-state index in [9.17, 15) is 23.3 Å². The van der Waals surface area contributed by atoms with Gasteiger partial charge in [0.15, 0.2) is 6.04 Å². The summed E-state index contributed by atoms with van der Waals surface area (Å²) < 4.78 is 22.5. The number of halogens is 1. The molecule has 0 unspecified atom stereocenters. The van der Waals surface area contributed by atoms with Crippen LogP contribution in [0.25, 0.3) is 0 Å². The van der Waals surface area contributed by atoms with Crippen LogP contribution in [0, 0.1) is 10.1 Å². The molecule has 0 bridgehead atoms. The molecular weight excluding hydrogens is 396 g/mol. The number of non-ortho nitro benzene ring substituents is 1. The van der Waals surface area contributed by atoms with E-state index in [1.54, 1.807) is 24.4 Å². The molecule has 0 aromatic heterocycles. The van der Waals surface area contributed by atoms with Crippen molar-refractivity contribution in [2.45, 2.75) is 24.4 Å². The van der Waals surface area contributed by atoms with Crippen LogP contribution in [0.3, 0.4) is 0 Å². The number of carbonyl (C=O) groups excluding carboxylic acids is 1. The third-order valence-corrected chi connectivity index (χ3v) is 5.04. The number of primary sulfonamides is 1. The van der Waals surface area contributed by atoms with Crippen LogP contribution in [0.15, 0.2) is 47.4 Å². The molecule has 2 rings (SSSR count). The Morgan fingerprint density at radius 1 is 1.30 bits per heavy atom. The first kappa shape index (κ1) is 20.8. The minimum atomic E-state index is -3.74. The monoisotopic (exact) mass is 413 g/mol. The van der Waals surface area contributed by atoms with Crippen molar-refractivity contribution >= 4 is 38.9 Å². The normalized spacial score (nSPS) is 12.4. The second kappa shape index (κ2) is 8.44. The van der Waals surface area contributed by atoms with Gasteiger partial charge < -0.3 is 10.6 Å². The first-order valence-electron chi connectivity index (χ1n) is 7.78. The van der Waals surface area contributed by atoms with Crippen molar-refractivity contribution in [3.05, 3.63) is 63.2 Å². The quantitative estimate of drug-likeness (QED) is 0.457. The molecule has 0 fully saturated rings. The van der Waals surface area contributed by atoms with Crippen molar-refractivity contribution in [1.29, 1.82) is 0 Å². The molecule has 1 atom stereocenters. The number of nitrogens with two attached hydrogens (primary N) is 2. The number of rotatable bonds is 7. The fourth-order valence-electron chi connectivity index (χ4n) is 2.20. The SMILES string of the molecule is C[C@@H]([NH2+]Cc1ccc(S(N)(=O)=O)cc1)C(=O)Nc1ccc([N+](=O)[O-])cc1Cl. The lowest BCUT2D eigenvalue weighted by Gasteiger charge is -2.12. The predicted octanol–water partition coefficient (Wildman–Crippen LogP) is 0.986. The number of quaternary nitrogens is 1. The van der Waals surface area contributed by atoms with Gasteiger partial charge in [0, 0.05) is 17.7 Å². The average molecular weight is 414 g/mol. The maximum atomic E-state index is 12.3. The topological polar surface area (TPSA) is 149 Å². The number of anilines is 1. The Labute approximate surface area is 160 Å². The summed E-state index contributed by atoms with van der Waals surface area (Å²) >= 11 is 5.96. The molecule has 2 aromatic carbocycles. The molecule has 0 aliphatic rings. The third kappa shape index (κ3) is 5.73. The highest BCUT2D eigenvalue weighted by molar-refractivity contribution is 7.89. The molecule has 1 amide bonds. The van der Waals surface area contributed by atoms with E-state index in [-0.39, 0.29) is 27.2 Å². The maximum absolute atomic E-state index is 12.3. The standard InChI is InChI=1S/C16H17ClN4O5S/c1-10(19-9-11-2-5-13(6-3-11)27(18,25)26)16(22)20-15-7-4-12(21(23)24)8-14(15)17/h2-8,10,19H,9H2,1H3,(H,20,22)(H2,18,25,26)/p+1/t10-/m1/s1. The van der Waals surface area contributed by atoms with E-state index in [0.29, 0.717) is 6.54 Å². The van der Waals surface area contributed by atoms with Gasteiger partial charge in [0.1, 0.15) is 6.54 Å². The zero-order valence-electron chi connectivity index (χ0n) is 14.3. The van der Waals surface area contributed by atoms with Gasteiger partial charge in [-0.2, -0.15) is 0 Å². The van der Waals surface area contributed by atoms with Gasteiger partial charge in [0.25, 0.3) is 11.6 Å². The molecule has 0 saturated heterocycles. The molecule has 0 saturated carbocycles. The van der Waals surface area contributed by atoms with Crippen LogP contribution in [-0.2, 0) is 21.4 Å². The van der Waals surface area contributed by atoms with Gasteiger partial charge in [0.05, 0.1) is 20.5 Å². The number of amides is 1. The van der Waals surface area contributed by atoms with Gasteiger partial charge in [-0.15, -0.1) is 0 Å². The fraction of sp³-hybridized carbons (Fsp3) is 0.188. The molecule has 0 heterocycles. The van der Waals surface area contributed by atoms with Gasteiger partial charge in [-0.25, -0.2) is 13.6 Å². The largest absolute Gasteiger partial charge is 0.333 e. The van der Waals surface area contributed by atoms with Gasteiger partial charge in [-0.3, -0.25) is 14.9 Å². The second-order valence-electron chi connectivity index (χ2n) is 5.83. The fourth-order valence-corrected chi connectivity index (χ4v) is 2.94. The Bertz CT molecular complexity index is 963. The summed E-state index contributed by atoms with van der Waals surface area (Å²) in [5.41, 5.74) is 0.931. The summed E-state index contributed by atoms with van der Waals surface area (Å²) in [7, 11) is -3.74. The highest BCUT2D eigenvalue weighted by Crippen LogP contribution is 2.26. The van der Waals surface area contributed by atoms with Crippen LogP contribution in [0.1, 0.15) is 12.5 Å². The zero-order valence-corrected chi connectivity index (χ0v) is 15.8. The van der Waals surface area contributed by atoms with Crippen molar-refractivity contribution in [3.63, 3.8) is 0 Å². The summed E-state index contributed by atoms with van der Waals surface area (Å²) in [5, 5.41) is 20.2. The number of sulfonamides is 1. The number of nitro groups is 1. The van der Waals surface area contributed by atoms with E-state index in [2.05, 4.69) is 5.32 Å². The highest BCUT2D eigenvalue weighted by atomic mass is 35.5. The van der Waals surface area contributed by atoms with Gasteiger partial charge in [0.2, 0.25) is 10.0 Å². The Kier molecular flexibility index (Phi) is 6.50. The summed E-state index contributed by atoms with van der Waals surface area (Å²) in [6.45, 7) is 2.13. The summed E-state index contributed by atoms with van der Waals surface area (Å²) in [6.07, 6.45) is 0. The predicted molar refractivity (Wildman–Crippen MR) is 99.6 cm³/mol. The molecule has 0 aliphatic carbocycles. The lowest BCUT2D eigenvalue weighted by atomic mass is 10.2. The van der Waals surface area contributed by atoms with Crippen molar-refractivity contribution in [2.24, 2.45) is 5.14 Å². The van der Waals surface area contributed by atoms with E-state index in [1.807, 2.05) is 0 Å². The number of nitro benzene ring substituents is 1. The van der Waals surface area contributed by atoms with E-state index < -0.39 is 21.0 Å². The third-order valence-electron chi connectivity index (χ3n) is 3.79. The molecule has 0 aliphatic heterocycles. The van der Waals surface area contributed by atoms with Crippen LogP contribution in [0.5, 0.6) is 0 Å². The molecular formula is C16H18ClN4O5S+. The van der Waals surface area contributed by atoms with Gasteiger partial charge >= 0.3 is 0 Å². The number of nitrogens with zero attached hydrogens (tertiary/aromatic N) is 1. The Hall–Kier alpha value is -2.53. The van der Waals surface area contributed by atoms with Crippen molar-refractivity contribution in [1.82, 2.24) is 0 Å². The van der Waals surface area contributed by atoms with Crippen LogP contribution < -0.4 is 15.8 Å². The average Bonchev–Trinajstić information content (AvgIpc) is 2.60. The van der Waals surface area contributed by atoms with E-state index >= 15 is 0 Å². The van der Waals surface area contributed by atoms with E-state index in [4.69, 9.17) is 16.7 Å². The first-order chi connectivity index (χ1) is 12.6. The number of benzene rings is 2. The molecule has 2 aromatic rings. The smallest absolute Gasteiger partial charge is 0.282 e. The van der Waals surface area contributed by atoms with Crippen molar-refractivity contribution in [2.75, 3.05) is 5.32 Å². The van der Waals surface area contributed by atoms with Crippen LogP contribution >= 0.6 is 11.6 Å². The minimum absolute atomic E-state index is 0.0184. The molecule has 144 valence electrons. The highest BCUT2D eigenvalue weighted by Gasteiger charge is 2.18. The molecule has 0 radical (unpaired) electrons. The van der Waals surface area contributed by atoms with Crippen LogP contribution in [0.4, 0.5) is 11.4 Å². The zero-order chi connectivity index (χ0) is 20.2. The number of hydrogen-bond acceptors (Lipinski definition) is 5. The number of nitrogens with one attached hydrogen (secondary N) is 1. The number of hydrogen-bond donors (Lipinski definition) is 3. The van der Waals surface area contributed by atoms with E-state index in [0.717, 1.165) is 5.56 Å². The van der Waals surface area contributed by atoms with Crippen LogP contribution in [0.2, 0.25) is 5.02 Å². The lowest BCUT2D eigenvalue weighted by molar-refractivity contribution is -0.688. The Morgan fingerprint density at radius 2 is 1.93 bits per heavy atom. The Balaban J connectivity index is 1.95. The minimum Gasteiger partial charge on any atom is -0.333 e. The molecule has 0 spiro atoms. The summed E-state index contributed by atoms with van der Waals surface area (Å²) in [6, 6.07) is 9.36. The molecule has 11 heteroatoms. The van der Waals surface area contributed by atoms with Gasteiger partial charge in [-0.05, 0) is 25.1 Å². The van der Waals surface area contributed by atoms with Gasteiger partial charge in [-0.1, -0.05) is 23.7 Å². The maximum Gasteiger partial charge on any atom is 0.282 e. The summed E-state index contributed by atoms with van der Waals surface area (Å²) in [4.78, 5) is 22.4. The van der Waals surface area contributed by atoms with Crippen LogP contribution in [-0.4, -0.2) is 25.3 Å². The lowest BCUT2D eigenvalue weighted by Crippen LogP contribution is -2.90. The Morgan fingerprint density at radius 3 is 2.44 bits per heavy atom. The molecule has 27 heavy (non-hydrogen) atoms. The first-order valence-corrected chi connectivity index (χ1v) is 9.70. The van der Waals surface area contributed by atoms with E-state index in [1.165, 1.54) is 30.3 Å². The molecule has 5 N–H and O–H groups in total. The van der Waals surface area contributed by atoms with Crippen molar-refractivity contribution < 1.29 is 23.5 Å². The van der Waals surface area contributed by atoms with Crippen molar-refractivity contribution in [3.8, 4) is 0 Å².